The fourth-order valence-corrected chi connectivity index (χ4v) is 2.36. The zero-order valence-electron chi connectivity index (χ0n) is 6.22. The number of hydrazone groups is 1. The SMILES string of the molecule is CCN1N=CN(C(Cl)(Cl)Cl)C1Br. The van der Waals surface area contributed by atoms with Crippen molar-refractivity contribution in [3.63, 3.8) is 0 Å². The van der Waals surface area contributed by atoms with E-state index in [1.54, 1.807) is 5.01 Å². The summed E-state index contributed by atoms with van der Waals surface area (Å²) >= 11 is 20.3. The van der Waals surface area contributed by atoms with Gasteiger partial charge in [-0.1, -0.05) is 34.8 Å². The van der Waals surface area contributed by atoms with Gasteiger partial charge in [-0.15, -0.1) is 0 Å². The molecule has 1 atom stereocenters. The van der Waals surface area contributed by atoms with Gasteiger partial charge >= 0.3 is 0 Å². The molecular weight excluding hydrogens is 288 g/mol. The lowest BCUT2D eigenvalue weighted by Gasteiger charge is -2.29. The molecule has 0 saturated carbocycles. The second-order valence-corrected chi connectivity index (χ2v) is 5.21. The molecule has 1 aliphatic heterocycles. The van der Waals surface area contributed by atoms with Gasteiger partial charge in [-0.25, -0.2) is 0 Å². The Morgan fingerprint density at radius 3 is 2.42 bits per heavy atom. The fraction of sp³-hybridized carbons (Fsp3) is 0.800. The summed E-state index contributed by atoms with van der Waals surface area (Å²) in [7, 11) is 0. The predicted molar refractivity (Wildman–Crippen MR) is 55.7 cm³/mol. The smallest absolute Gasteiger partial charge is 0.271 e. The van der Waals surface area contributed by atoms with Crippen LogP contribution in [0.4, 0.5) is 0 Å². The predicted octanol–water partition coefficient (Wildman–Crippen LogP) is 2.57. The third kappa shape index (κ3) is 2.10. The monoisotopic (exact) mass is 293 g/mol. The van der Waals surface area contributed by atoms with E-state index in [1.807, 2.05) is 6.92 Å². The Bertz CT molecular complexity index is 193. The van der Waals surface area contributed by atoms with Crippen molar-refractivity contribution in [3.8, 4) is 0 Å². The summed E-state index contributed by atoms with van der Waals surface area (Å²) in [6, 6.07) is 0. The van der Waals surface area contributed by atoms with Crippen LogP contribution in [0, 0.1) is 0 Å². The van der Waals surface area contributed by atoms with Crippen LogP contribution in [0.3, 0.4) is 0 Å². The van der Waals surface area contributed by atoms with Crippen molar-refractivity contribution < 1.29 is 0 Å². The van der Waals surface area contributed by atoms with Gasteiger partial charge in [0.25, 0.3) is 3.92 Å². The molecule has 0 aromatic rings. The van der Waals surface area contributed by atoms with Gasteiger partial charge in [0.05, 0.1) is 0 Å². The minimum absolute atomic E-state index is 0.185. The molecule has 3 nitrogen and oxygen atoms in total. The minimum atomic E-state index is -1.46. The van der Waals surface area contributed by atoms with Crippen LogP contribution < -0.4 is 0 Å². The van der Waals surface area contributed by atoms with Crippen LogP contribution in [-0.4, -0.2) is 31.8 Å². The Hall–Kier alpha value is 0.620. The molecule has 12 heavy (non-hydrogen) atoms. The number of rotatable bonds is 1. The molecule has 0 aromatic heterocycles. The highest BCUT2D eigenvalue weighted by Crippen LogP contribution is 2.36. The number of hydrogen-bond donors (Lipinski definition) is 0. The summed E-state index contributed by atoms with van der Waals surface area (Å²) < 4.78 is -1.46. The Morgan fingerprint density at radius 2 is 2.17 bits per heavy atom. The van der Waals surface area contributed by atoms with Gasteiger partial charge in [-0.3, -0.25) is 9.91 Å². The highest BCUT2D eigenvalue weighted by Gasteiger charge is 2.37. The second kappa shape index (κ2) is 3.78. The first-order valence-electron chi connectivity index (χ1n) is 3.26. The molecule has 0 aromatic carbocycles. The van der Waals surface area contributed by atoms with Crippen molar-refractivity contribution in [2.75, 3.05) is 6.54 Å². The van der Waals surface area contributed by atoms with E-state index in [4.69, 9.17) is 34.8 Å². The Balaban J connectivity index is 2.68. The molecule has 1 aliphatic rings. The lowest BCUT2D eigenvalue weighted by Crippen LogP contribution is -2.41. The number of nitrogens with zero attached hydrogens (tertiary/aromatic N) is 3. The zero-order valence-corrected chi connectivity index (χ0v) is 10.1. The van der Waals surface area contributed by atoms with Crippen molar-refractivity contribution in [2.45, 2.75) is 15.9 Å². The van der Waals surface area contributed by atoms with Crippen LogP contribution in [0.25, 0.3) is 0 Å². The Morgan fingerprint density at radius 1 is 1.58 bits per heavy atom. The first-order chi connectivity index (χ1) is 5.46. The maximum Gasteiger partial charge on any atom is 0.271 e. The van der Waals surface area contributed by atoms with Crippen molar-refractivity contribution in [2.24, 2.45) is 5.10 Å². The molecule has 7 heteroatoms. The molecule has 0 spiro atoms. The average Bonchev–Trinajstić information content (AvgIpc) is 2.29. The van der Waals surface area contributed by atoms with E-state index in [1.165, 1.54) is 11.2 Å². The first-order valence-corrected chi connectivity index (χ1v) is 5.31. The van der Waals surface area contributed by atoms with Gasteiger partial charge in [-0.2, -0.15) is 5.10 Å². The lowest BCUT2D eigenvalue weighted by atomic mass is 10.7. The van der Waals surface area contributed by atoms with E-state index in [-0.39, 0.29) is 5.08 Å². The van der Waals surface area contributed by atoms with Crippen molar-refractivity contribution in [1.82, 2.24) is 9.91 Å². The van der Waals surface area contributed by atoms with Crippen LogP contribution in [0.15, 0.2) is 5.10 Å². The highest BCUT2D eigenvalue weighted by atomic mass is 79.9. The molecule has 0 radical (unpaired) electrons. The van der Waals surface area contributed by atoms with E-state index in [0.717, 1.165) is 6.54 Å². The van der Waals surface area contributed by atoms with Crippen LogP contribution in [0.1, 0.15) is 6.92 Å². The quantitative estimate of drug-likeness (QED) is 0.547. The van der Waals surface area contributed by atoms with Gasteiger partial charge in [0.2, 0.25) is 0 Å². The van der Waals surface area contributed by atoms with Crippen LogP contribution in [0.2, 0.25) is 0 Å². The molecule has 0 fully saturated rings. The molecule has 70 valence electrons. The number of halogens is 4. The summed E-state index contributed by atoms with van der Waals surface area (Å²) in [6.45, 7) is 2.72. The number of hydrogen-bond acceptors (Lipinski definition) is 3. The highest BCUT2D eigenvalue weighted by molar-refractivity contribution is 9.09. The van der Waals surface area contributed by atoms with Crippen molar-refractivity contribution in [1.29, 1.82) is 0 Å². The topological polar surface area (TPSA) is 18.8 Å². The molecular formula is C5H7BrCl3N3. The molecule has 1 heterocycles. The summed E-state index contributed by atoms with van der Waals surface area (Å²) in [4.78, 5) is 1.49. The van der Waals surface area contributed by atoms with E-state index in [0.29, 0.717) is 0 Å². The fourth-order valence-electron chi connectivity index (χ4n) is 0.794. The molecule has 0 amide bonds. The lowest BCUT2D eigenvalue weighted by molar-refractivity contribution is 0.220. The largest absolute Gasteiger partial charge is 0.285 e. The maximum atomic E-state index is 5.67. The van der Waals surface area contributed by atoms with Crippen LogP contribution in [-0.2, 0) is 0 Å². The van der Waals surface area contributed by atoms with Gasteiger partial charge in [0.1, 0.15) is 6.34 Å². The second-order valence-electron chi connectivity index (χ2n) is 2.17. The van der Waals surface area contributed by atoms with E-state index < -0.39 is 3.92 Å². The summed E-state index contributed by atoms with van der Waals surface area (Å²) in [5, 5.41) is 5.58. The molecule has 0 N–H and O–H groups in total. The molecule has 0 aliphatic carbocycles. The Kier molecular flexibility index (Phi) is 3.37. The molecule has 1 rings (SSSR count). The molecule has 0 saturated heterocycles. The van der Waals surface area contributed by atoms with Gasteiger partial charge in [0.15, 0.2) is 5.08 Å². The van der Waals surface area contributed by atoms with E-state index >= 15 is 0 Å². The Labute approximate surface area is 94.4 Å². The first kappa shape index (κ1) is 10.7. The third-order valence-corrected chi connectivity index (χ3v) is 2.92. The van der Waals surface area contributed by atoms with E-state index in [2.05, 4.69) is 21.0 Å². The van der Waals surface area contributed by atoms with Crippen LogP contribution in [0.5, 0.6) is 0 Å². The van der Waals surface area contributed by atoms with E-state index in [9.17, 15) is 0 Å². The van der Waals surface area contributed by atoms with Gasteiger partial charge < -0.3 is 0 Å². The van der Waals surface area contributed by atoms with Crippen molar-refractivity contribution in [3.05, 3.63) is 0 Å². The van der Waals surface area contributed by atoms with Gasteiger partial charge in [-0.05, 0) is 22.9 Å². The zero-order chi connectivity index (χ0) is 9.35. The summed E-state index contributed by atoms with van der Waals surface area (Å²) in [5.74, 6) is 0. The summed E-state index contributed by atoms with van der Waals surface area (Å²) in [5.41, 5.74) is 0. The van der Waals surface area contributed by atoms with Crippen molar-refractivity contribution >= 4 is 57.1 Å². The van der Waals surface area contributed by atoms with Gasteiger partial charge in [0, 0.05) is 6.54 Å². The summed E-state index contributed by atoms with van der Waals surface area (Å²) in [6.07, 6.45) is 1.50. The maximum absolute atomic E-state index is 5.67. The number of alkyl halides is 4. The van der Waals surface area contributed by atoms with Crippen LogP contribution >= 0.6 is 50.7 Å². The molecule has 0 bridgehead atoms. The average molecular weight is 295 g/mol. The standard InChI is InChI=1S/C5H7BrCl3N3/c1-2-12-4(6)11(3-10-12)5(7,8)9/h3-4H,2H2,1H3. The normalized spacial score (nSPS) is 23.9. The molecule has 1 unspecified atom stereocenters. The minimum Gasteiger partial charge on any atom is -0.285 e. The third-order valence-electron chi connectivity index (χ3n) is 1.42.